The molecule has 0 saturated heterocycles. The normalized spacial score (nSPS) is 10.2. The Morgan fingerprint density at radius 2 is 1.75 bits per heavy atom. The Hall–Kier alpha value is 0.220. The van der Waals surface area contributed by atoms with Gasteiger partial charge in [0.15, 0.2) is 0 Å². The maximum absolute atomic E-state index is 4.07. The van der Waals surface area contributed by atoms with Crippen molar-refractivity contribution in [1.29, 1.82) is 0 Å². The minimum absolute atomic E-state index is 1.11. The third-order valence-electron chi connectivity index (χ3n) is 2.05. The van der Waals surface area contributed by atoms with Crippen molar-refractivity contribution in [2.24, 2.45) is 0 Å². The fourth-order valence-electron chi connectivity index (χ4n) is 1.24. The topological polar surface area (TPSA) is 0 Å². The molecule has 72 valence electrons. The zero-order chi connectivity index (χ0) is 9.23. The molecule has 0 aromatic heterocycles. The largest absolute Gasteiger partial charge is 0.0999 e. The molecular formula is C11H21Br. The molecule has 0 N–H and O–H groups in total. The number of alkyl halides is 1. The van der Waals surface area contributed by atoms with E-state index < -0.39 is 0 Å². The fraction of sp³-hybridized carbons (Fsp3) is 0.818. The molecule has 0 nitrogen and oxygen atoms in total. The van der Waals surface area contributed by atoms with Gasteiger partial charge in [-0.2, -0.15) is 0 Å². The van der Waals surface area contributed by atoms with Crippen molar-refractivity contribution in [1.82, 2.24) is 0 Å². The van der Waals surface area contributed by atoms with Crippen LogP contribution in [-0.4, -0.2) is 5.33 Å². The molecule has 0 saturated carbocycles. The van der Waals surface area contributed by atoms with Crippen molar-refractivity contribution in [2.75, 3.05) is 5.33 Å². The molecule has 0 aromatic carbocycles. The van der Waals surface area contributed by atoms with Gasteiger partial charge in [-0.15, -0.1) is 0 Å². The lowest BCUT2D eigenvalue weighted by Gasteiger charge is -2.03. The van der Waals surface area contributed by atoms with Gasteiger partial charge in [0.1, 0.15) is 0 Å². The fourth-order valence-corrected chi connectivity index (χ4v) is 1.52. The molecule has 0 unspecified atom stereocenters. The standard InChI is InChI=1S/C11H21Br/c1-3-4-5-6-8-11(2)9-7-10-12/h2-10H2,1H3. The summed E-state index contributed by atoms with van der Waals surface area (Å²) in [6.07, 6.45) is 9.12. The van der Waals surface area contributed by atoms with Crippen LogP contribution in [0.2, 0.25) is 0 Å². The number of hydrogen-bond acceptors (Lipinski definition) is 0. The molecule has 0 aliphatic rings. The zero-order valence-corrected chi connectivity index (χ0v) is 9.83. The van der Waals surface area contributed by atoms with Crippen LogP contribution in [0.1, 0.15) is 51.9 Å². The van der Waals surface area contributed by atoms with E-state index in [0.29, 0.717) is 0 Å². The second-order valence-electron chi connectivity index (χ2n) is 3.35. The summed E-state index contributed by atoms with van der Waals surface area (Å²) in [5.74, 6) is 0. The van der Waals surface area contributed by atoms with Crippen molar-refractivity contribution >= 4 is 15.9 Å². The first-order chi connectivity index (χ1) is 5.81. The third kappa shape index (κ3) is 8.32. The van der Waals surface area contributed by atoms with Gasteiger partial charge in [0.25, 0.3) is 0 Å². The SMILES string of the molecule is C=C(CCCBr)CCCCCC. The van der Waals surface area contributed by atoms with Crippen LogP contribution in [0.15, 0.2) is 12.2 Å². The van der Waals surface area contributed by atoms with Crippen LogP contribution in [0.4, 0.5) is 0 Å². The molecule has 12 heavy (non-hydrogen) atoms. The van der Waals surface area contributed by atoms with E-state index in [0.717, 1.165) is 5.33 Å². The average Bonchev–Trinajstić information content (AvgIpc) is 2.09. The van der Waals surface area contributed by atoms with Gasteiger partial charge in [-0.25, -0.2) is 0 Å². The lowest BCUT2D eigenvalue weighted by atomic mass is 10.0. The molecule has 0 spiro atoms. The Kier molecular flexibility index (Phi) is 9.48. The Labute approximate surface area is 85.6 Å². The van der Waals surface area contributed by atoms with Crippen LogP contribution < -0.4 is 0 Å². The highest BCUT2D eigenvalue weighted by molar-refractivity contribution is 9.09. The number of unbranched alkanes of at least 4 members (excludes halogenated alkanes) is 3. The van der Waals surface area contributed by atoms with E-state index in [4.69, 9.17) is 0 Å². The second-order valence-corrected chi connectivity index (χ2v) is 4.15. The van der Waals surface area contributed by atoms with Gasteiger partial charge in [-0.1, -0.05) is 54.3 Å². The predicted octanol–water partition coefficient (Wildman–Crippen LogP) is 4.69. The second kappa shape index (κ2) is 9.31. The van der Waals surface area contributed by atoms with Gasteiger partial charge in [0, 0.05) is 5.33 Å². The van der Waals surface area contributed by atoms with Gasteiger partial charge < -0.3 is 0 Å². The molecule has 0 fully saturated rings. The van der Waals surface area contributed by atoms with E-state index in [2.05, 4.69) is 29.4 Å². The Morgan fingerprint density at radius 3 is 2.33 bits per heavy atom. The van der Waals surface area contributed by atoms with E-state index >= 15 is 0 Å². The molecule has 0 aliphatic carbocycles. The van der Waals surface area contributed by atoms with Gasteiger partial charge in [-0.05, 0) is 25.7 Å². The van der Waals surface area contributed by atoms with Crippen LogP contribution in [-0.2, 0) is 0 Å². The summed E-state index contributed by atoms with van der Waals surface area (Å²) >= 11 is 3.43. The van der Waals surface area contributed by atoms with Crippen molar-refractivity contribution in [3.8, 4) is 0 Å². The Morgan fingerprint density at radius 1 is 1.08 bits per heavy atom. The molecule has 0 atom stereocenters. The summed E-state index contributed by atoms with van der Waals surface area (Å²) in [6, 6.07) is 0. The van der Waals surface area contributed by atoms with Gasteiger partial charge in [0.2, 0.25) is 0 Å². The summed E-state index contributed by atoms with van der Waals surface area (Å²) in [6.45, 7) is 6.32. The summed E-state index contributed by atoms with van der Waals surface area (Å²) in [5.41, 5.74) is 1.44. The quantitative estimate of drug-likeness (QED) is 0.324. The lowest BCUT2D eigenvalue weighted by Crippen LogP contribution is -1.84. The molecule has 0 amide bonds. The highest BCUT2D eigenvalue weighted by Gasteiger charge is 1.94. The summed E-state index contributed by atoms with van der Waals surface area (Å²) < 4.78 is 0. The lowest BCUT2D eigenvalue weighted by molar-refractivity contribution is 0.654. The van der Waals surface area contributed by atoms with Gasteiger partial charge in [0.05, 0.1) is 0 Å². The van der Waals surface area contributed by atoms with Gasteiger partial charge >= 0.3 is 0 Å². The van der Waals surface area contributed by atoms with Crippen LogP contribution in [0, 0.1) is 0 Å². The van der Waals surface area contributed by atoms with Gasteiger partial charge in [-0.3, -0.25) is 0 Å². The zero-order valence-electron chi connectivity index (χ0n) is 8.24. The summed E-state index contributed by atoms with van der Waals surface area (Å²) in [4.78, 5) is 0. The summed E-state index contributed by atoms with van der Waals surface area (Å²) in [5, 5.41) is 1.11. The highest BCUT2D eigenvalue weighted by Crippen LogP contribution is 2.13. The van der Waals surface area contributed by atoms with Crippen molar-refractivity contribution in [3.05, 3.63) is 12.2 Å². The van der Waals surface area contributed by atoms with Crippen molar-refractivity contribution < 1.29 is 0 Å². The first kappa shape index (κ1) is 12.2. The minimum atomic E-state index is 1.11. The highest BCUT2D eigenvalue weighted by atomic mass is 79.9. The van der Waals surface area contributed by atoms with Crippen LogP contribution >= 0.6 is 15.9 Å². The van der Waals surface area contributed by atoms with Crippen molar-refractivity contribution in [2.45, 2.75) is 51.9 Å². The molecule has 0 rings (SSSR count). The number of halogens is 1. The van der Waals surface area contributed by atoms with Crippen LogP contribution in [0.25, 0.3) is 0 Å². The van der Waals surface area contributed by atoms with Crippen LogP contribution in [0.3, 0.4) is 0 Å². The molecule has 0 heterocycles. The van der Waals surface area contributed by atoms with E-state index in [1.54, 1.807) is 0 Å². The maximum atomic E-state index is 4.07. The number of hydrogen-bond donors (Lipinski definition) is 0. The van der Waals surface area contributed by atoms with Crippen molar-refractivity contribution in [3.63, 3.8) is 0 Å². The summed E-state index contributed by atoms with van der Waals surface area (Å²) in [7, 11) is 0. The number of allylic oxidation sites excluding steroid dienone is 1. The molecule has 0 aromatic rings. The smallest absolute Gasteiger partial charge is 0.00343 e. The van der Waals surface area contributed by atoms with Crippen LogP contribution in [0.5, 0.6) is 0 Å². The number of rotatable bonds is 8. The average molecular weight is 233 g/mol. The maximum Gasteiger partial charge on any atom is 0.00343 e. The minimum Gasteiger partial charge on any atom is -0.0999 e. The van der Waals surface area contributed by atoms with E-state index in [-0.39, 0.29) is 0 Å². The molecular weight excluding hydrogens is 212 g/mol. The third-order valence-corrected chi connectivity index (χ3v) is 2.61. The first-order valence-electron chi connectivity index (χ1n) is 5.04. The first-order valence-corrected chi connectivity index (χ1v) is 6.16. The molecule has 0 bridgehead atoms. The monoisotopic (exact) mass is 232 g/mol. The van der Waals surface area contributed by atoms with E-state index in [9.17, 15) is 0 Å². The molecule has 0 radical (unpaired) electrons. The Balaban J connectivity index is 3.08. The van der Waals surface area contributed by atoms with E-state index in [1.807, 2.05) is 0 Å². The predicted molar refractivity (Wildman–Crippen MR) is 60.9 cm³/mol. The molecule has 1 heteroatoms. The van der Waals surface area contributed by atoms with E-state index in [1.165, 1.54) is 50.5 Å². The Bertz CT molecular complexity index is 108. The molecule has 0 aliphatic heterocycles.